The number of para-hydroxylation sites is 1. The van der Waals surface area contributed by atoms with Crippen molar-refractivity contribution in [3.8, 4) is 6.07 Å². The molecule has 3 N–H and O–H groups in total. The number of imide groups is 1. The van der Waals surface area contributed by atoms with Crippen LogP contribution >= 0.6 is 0 Å². The molecule has 148 valence electrons. The van der Waals surface area contributed by atoms with Crippen molar-refractivity contribution >= 4 is 23.4 Å². The highest BCUT2D eigenvalue weighted by atomic mass is 16.2. The third-order valence-corrected chi connectivity index (χ3v) is 5.64. The van der Waals surface area contributed by atoms with Gasteiger partial charge in [0.25, 0.3) is 0 Å². The number of anilines is 1. The molecule has 3 amide bonds. The predicted molar refractivity (Wildman–Crippen MR) is 104 cm³/mol. The lowest BCUT2D eigenvalue weighted by molar-refractivity contribution is -0.132. The smallest absolute Gasteiger partial charge is 0.238 e. The van der Waals surface area contributed by atoms with E-state index in [4.69, 9.17) is 5.73 Å². The number of rotatable bonds is 5. The zero-order chi connectivity index (χ0) is 20.1. The normalized spacial score (nSPS) is 21.1. The fraction of sp³-hybridized carbons (Fsp3) is 0.524. The molecule has 0 radical (unpaired) electrons. The molecule has 28 heavy (non-hydrogen) atoms. The zero-order valence-electron chi connectivity index (χ0n) is 15.9. The Morgan fingerprint density at radius 2 is 1.79 bits per heavy atom. The minimum Gasteiger partial charge on any atom is -0.336 e. The Bertz CT molecular complexity index is 763. The summed E-state index contributed by atoms with van der Waals surface area (Å²) in [6, 6.07) is 9.81. The van der Waals surface area contributed by atoms with Crippen molar-refractivity contribution in [3.05, 3.63) is 30.3 Å². The quantitative estimate of drug-likeness (QED) is 0.756. The molecule has 1 aliphatic carbocycles. The molecule has 1 saturated carbocycles. The largest absolute Gasteiger partial charge is 0.336 e. The summed E-state index contributed by atoms with van der Waals surface area (Å²) in [6.45, 7) is 0. The fourth-order valence-corrected chi connectivity index (χ4v) is 4.15. The summed E-state index contributed by atoms with van der Waals surface area (Å²) in [4.78, 5) is 38.9. The van der Waals surface area contributed by atoms with Crippen molar-refractivity contribution in [1.82, 2.24) is 5.32 Å². The van der Waals surface area contributed by atoms with Gasteiger partial charge in [-0.15, -0.1) is 0 Å². The van der Waals surface area contributed by atoms with Crippen LogP contribution in [0.4, 0.5) is 5.69 Å². The molecule has 0 aromatic heterocycles. The van der Waals surface area contributed by atoms with E-state index in [-0.39, 0.29) is 12.8 Å². The molecule has 1 aromatic rings. The predicted octanol–water partition coefficient (Wildman–Crippen LogP) is 2.02. The third kappa shape index (κ3) is 4.39. The van der Waals surface area contributed by atoms with E-state index in [0.717, 1.165) is 30.6 Å². The Morgan fingerprint density at radius 1 is 1.18 bits per heavy atom. The Morgan fingerprint density at radius 3 is 2.36 bits per heavy atom. The fourth-order valence-electron chi connectivity index (χ4n) is 4.15. The van der Waals surface area contributed by atoms with Gasteiger partial charge in [-0.3, -0.25) is 19.3 Å². The van der Waals surface area contributed by atoms with Crippen LogP contribution in [0.25, 0.3) is 0 Å². The van der Waals surface area contributed by atoms with E-state index in [1.165, 1.54) is 6.42 Å². The Hall–Kier alpha value is -2.72. The van der Waals surface area contributed by atoms with Gasteiger partial charge in [-0.25, -0.2) is 0 Å². The van der Waals surface area contributed by atoms with Gasteiger partial charge < -0.3 is 11.1 Å². The van der Waals surface area contributed by atoms with Gasteiger partial charge in [0.15, 0.2) is 0 Å². The van der Waals surface area contributed by atoms with Gasteiger partial charge in [0.1, 0.15) is 5.54 Å². The molecule has 1 atom stereocenters. The topological polar surface area (TPSA) is 116 Å². The van der Waals surface area contributed by atoms with Gasteiger partial charge in [0.05, 0.1) is 30.6 Å². The average Bonchev–Trinajstić information content (AvgIpc) is 2.69. The number of hydrogen-bond acceptors (Lipinski definition) is 5. The van der Waals surface area contributed by atoms with Crippen molar-refractivity contribution in [1.29, 1.82) is 5.26 Å². The number of carbonyl (C=O) groups is 3. The molecular formula is C21H26N4O3. The van der Waals surface area contributed by atoms with Crippen LogP contribution < -0.4 is 16.0 Å². The van der Waals surface area contributed by atoms with Crippen molar-refractivity contribution in [2.75, 3.05) is 4.90 Å². The van der Waals surface area contributed by atoms with Crippen molar-refractivity contribution in [2.45, 2.75) is 62.9 Å². The Labute approximate surface area is 164 Å². The number of nitrogens with zero attached hydrogens (tertiary/aromatic N) is 2. The second kappa shape index (κ2) is 8.53. The number of nitrogens with one attached hydrogen (secondary N) is 1. The average molecular weight is 382 g/mol. The van der Waals surface area contributed by atoms with Crippen LogP contribution in [0.2, 0.25) is 0 Å². The molecule has 2 fully saturated rings. The van der Waals surface area contributed by atoms with E-state index in [1.807, 2.05) is 6.07 Å². The molecule has 3 rings (SSSR count). The maximum Gasteiger partial charge on any atom is 0.238 e. The van der Waals surface area contributed by atoms with E-state index in [2.05, 4.69) is 5.32 Å². The maximum absolute atomic E-state index is 12.6. The van der Waals surface area contributed by atoms with Gasteiger partial charge in [0, 0.05) is 0 Å². The molecule has 1 aromatic carbocycles. The standard InChI is InChI=1S/C21H26N4O3/c22-14-21(24-20(28)17(23)11-15-7-3-1-4-8-15)12-18(26)25(19(27)13-21)16-9-5-2-6-10-16/h2,5-6,9-10,15,17H,1,3-4,7-8,11-13,23H2,(H,24,28). The summed E-state index contributed by atoms with van der Waals surface area (Å²) in [6.07, 6.45) is 5.70. The van der Waals surface area contributed by atoms with Crippen molar-refractivity contribution in [2.24, 2.45) is 11.7 Å². The summed E-state index contributed by atoms with van der Waals surface area (Å²) in [7, 11) is 0. The lowest BCUT2D eigenvalue weighted by Gasteiger charge is -2.36. The molecule has 0 spiro atoms. The highest BCUT2D eigenvalue weighted by molar-refractivity contribution is 6.18. The summed E-state index contributed by atoms with van der Waals surface area (Å²) in [5.41, 5.74) is 4.99. The number of hydrogen-bond donors (Lipinski definition) is 2. The van der Waals surface area contributed by atoms with Crippen LogP contribution in [-0.4, -0.2) is 29.3 Å². The number of benzene rings is 1. The highest BCUT2D eigenvalue weighted by Gasteiger charge is 2.46. The minimum absolute atomic E-state index is 0.258. The Balaban J connectivity index is 1.67. The van der Waals surface area contributed by atoms with E-state index in [0.29, 0.717) is 18.0 Å². The van der Waals surface area contributed by atoms with Crippen LogP contribution in [0.5, 0.6) is 0 Å². The molecule has 1 saturated heterocycles. The highest BCUT2D eigenvalue weighted by Crippen LogP contribution is 2.29. The summed E-state index contributed by atoms with van der Waals surface area (Å²) in [5.74, 6) is -1.08. The minimum atomic E-state index is -1.54. The lowest BCUT2D eigenvalue weighted by Crippen LogP contribution is -2.61. The lowest BCUT2D eigenvalue weighted by atomic mass is 9.84. The van der Waals surface area contributed by atoms with E-state index in [9.17, 15) is 19.6 Å². The third-order valence-electron chi connectivity index (χ3n) is 5.64. The Kier molecular flexibility index (Phi) is 6.10. The first kappa shape index (κ1) is 20.0. The van der Waals surface area contributed by atoms with Crippen LogP contribution in [0.3, 0.4) is 0 Å². The summed E-state index contributed by atoms with van der Waals surface area (Å²) in [5, 5.41) is 12.3. The number of nitrogens with two attached hydrogens (primary N) is 1. The monoisotopic (exact) mass is 382 g/mol. The first-order valence-corrected chi connectivity index (χ1v) is 9.84. The molecule has 1 unspecified atom stereocenters. The second-order valence-electron chi connectivity index (χ2n) is 7.84. The van der Waals surface area contributed by atoms with Crippen LogP contribution in [0.15, 0.2) is 30.3 Å². The number of amides is 3. The molecule has 0 bridgehead atoms. The van der Waals surface area contributed by atoms with Gasteiger partial charge in [-0.05, 0) is 24.5 Å². The summed E-state index contributed by atoms with van der Waals surface area (Å²) < 4.78 is 0. The second-order valence-corrected chi connectivity index (χ2v) is 7.84. The van der Waals surface area contributed by atoms with E-state index >= 15 is 0 Å². The summed E-state index contributed by atoms with van der Waals surface area (Å²) >= 11 is 0. The molecule has 7 nitrogen and oxygen atoms in total. The number of piperidine rings is 1. The van der Waals surface area contributed by atoms with Crippen LogP contribution in [0, 0.1) is 17.2 Å². The molecule has 1 aliphatic heterocycles. The van der Waals surface area contributed by atoms with Gasteiger partial charge in [-0.2, -0.15) is 5.26 Å². The number of nitriles is 1. The van der Waals surface area contributed by atoms with Crippen LogP contribution in [-0.2, 0) is 14.4 Å². The van der Waals surface area contributed by atoms with E-state index in [1.54, 1.807) is 30.3 Å². The van der Waals surface area contributed by atoms with E-state index < -0.39 is 29.3 Å². The molecule has 7 heteroatoms. The van der Waals surface area contributed by atoms with Crippen molar-refractivity contribution in [3.63, 3.8) is 0 Å². The first-order valence-electron chi connectivity index (χ1n) is 9.84. The van der Waals surface area contributed by atoms with Crippen molar-refractivity contribution < 1.29 is 14.4 Å². The zero-order valence-corrected chi connectivity index (χ0v) is 15.9. The number of carbonyl (C=O) groups excluding carboxylic acids is 3. The molecular weight excluding hydrogens is 356 g/mol. The SMILES string of the molecule is N#CC1(NC(=O)C(N)CC2CCCCC2)CC(=O)N(c2ccccc2)C(=O)C1. The first-order chi connectivity index (χ1) is 13.4. The molecule has 1 heterocycles. The van der Waals surface area contributed by atoms with Gasteiger partial charge in [-0.1, -0.05) is 50.3 Å². The van der Waals surface area contributed by atoms with Gasteiger partial charge in [0.2, 0.25) is 17.7 Å². The van der Waals surface area contributed by atoms with Gasteiger partial charge >= 0.3 is 0 Å². The van der Waals surface area contributed by atoms with Crippen LogP contribution in [0.1, 0.15) is 51.4 Å². The molecule has 2 aliphatic rings. The maximum atomic E-state index is 12.6.